The predicted octanol–water partition coefficient (Wildman–Crippen LogP) is 2.47. The highest BCUT2D eigenvalue weighted by molar-refractivity contribution is 9.10. The van der Waals surface area contributed by atoms with Gasteiger partial charge >= 0.3 is 0 Å². The first-order valence-electron chi connectivity index (χ1n) is 4.77. The molecule has 0 atom stereocenters. The van der Waals surface area contributed by atoms with Crippen LogP contribution in [0.2, 0.25) is 0 Å². The van der Waals surface area contributed by atoms with Crippen LogP contribution >= 0.6 is 15.9 Å². The average molecular weight is 280 g/mol. The monoisotopic (exact) mass is 279 g/mol. The number of rotatable bonds is 3. The normalized spacial score (nSPS) is 10.3. The largest absolute Gasteiger partial charge is 0.483 e. The summed E-state index contributed by atoms with van der Waals surface area (Å²) in [7, 11) is 0. The quantitative estimate of drug-likeness (QED) is 0.939. The van der Waals surface area contributed by atoms with Crippen LogP contribution in [0, 0.1) is 0 Å². The molecule has 2 N–H and O–H groups in total. The maximum absolute atomic E-state index is 10.6. The molecule has 0 fully saturated rings. The molecule has 0 bridgehead atoms. The minimum absolute atomic E-state index is 0.114. The van der Waals surface area contributed by atoms with Crippen molar-refractivity contribution in [1.29, 1.82) is 0 Å². The van der Waals surface area contributed by atoms with Crippen molar-refractivity contribution < 1.29 is 9.53 Å². The lowest BCUT2D eigenvalue weighted by Crippen LogP contribution is -2.20. The molecule has 82 valence electrons. The van der Waals surface area contributed by atoms with Crippen LogP contribution in [0.5, 0.6) is 5.75 Å². The third-order valence-electron chi connectivity index (χ3n) is 2.20. The third-order valence-corrected chi connectivity index (χ3v) is 3.02. The Hall–Kier alpha value is -1.55. The first kappa shape index (κ1) is 11.0. The number of hydrogen-bond donors (Lipinski definition) is 1. The van der Waals surface area contributed by atoms with Gasteiger partial charge in [0.15, 0.2) is 6.61 Å². The van der Waals surface area contributed by atoms with Gasteiger partial charge in [-0.1, -0.05) is 30.3 Å². The predicted molar refractivity (Wildman–Crippen MR) is 66.3 cm³/mol. The van der Waals surface area contributed by atoms with E-state index in [1.165, 1.54) is 0 Å². The van der Waals surface area contributed by atoms with Crippen molar-refractivity contribution in [3.63, 3.8) is 0 Å². The molecule has 0 aliphatic rings. The molecule has 0 saturated carbocycles. The summed E-state index contributed by atoms with van der Waals surface area (Å²) in [5.74, 6) is 0.137. The van der Waals surface area contributed by atoms with Crippen LogP contribution < -0.4 is 10.5 Å². The fraction of sp³-hybridized carbons (Fsp3) is 0.0833. The molecule has 16 heavy (non-hydrogen) atoms. The van der Waals surface area contributed by atoms with Crippen LogP contribution in [0.15, 0.2) is 40.9 Å². The lowest BCUT2D eigenvalue weighted by Gasteiger charge is -2.08. The number of amides is 1. The van der Waals surface area contributed by atoms with Gasteiger partial charge in [-0.05, 0) is 32.8 Å². The molecular formula is C12H10BrNO2. The second-order valence-electron chi connectivity index (χ2n) is 3.35. The highest BCUT2D eigenvalue weighted by Gasteiger charge is 2.06. The van der Waals surface area contributed by atoms with Crippen molar-refractivity contribution in [3.05, 3.63) is 40.9 Å². The molecule has 2 aromatic carbocycles. The molecule has 2 aromatic rings. The van der Waals surface area contributed by atoms with E-state index < -0.39 is 5.91 Å². The summed E-state index contributed by atoms with van der Waals surface area (Å²) in [6, 6.07) is 11.7. The Morgan fingerprint density at radius 1 is 1.25 bits per heavy atom. The van der Waals surface area contributed by atoms with Crippen molar-refractivity contribution in [2.45, 2.75) is 0 Å². The zero-order valence-electron chi connectivity index (χ0n) is 8.44. The molecule has 0 aliphatic carbocycles. The first-order valence-corrected chi connectivity index (χ1v) is 5.56. The van der Waals surface area contributed by atoms with Gasteiger partial charge in [-0.2, -0.15) is 0 Å². The van der Waals surface area contributed by atoms with Crippen molar-refractivity contribution in [1.82, 2.24) is 0 Å². The number of nitrogens with two attached hydrogens (primary N) is 1. The Morgan fingerprint density at radius 3 is 2.75 bits per heavy atom. The molecule has 0 saturated heterocycles. The van der Waals surface area contributed by atoms with E-state index in [4.69, 9.17) is 10.5 Å². The summed E-state index contributed by atoms with van der Waals surface area (Å²) < 4.78 is 6.12. The van der Waals surface area contributed by atoms with Crippen LogP contribution in [0.25, 0.3) is 10.8 Å². The number of halogens is 1. The van der Waals surface area contributed by atoms with Gasteiger partial charge in [0.2, 0.25) is 0 Å². The molecule has 1 amide bonds. The van der Waals surface area contributed by atoms with Gasteiger partial charge < -0.3 is 10.5 Å². The molecule has 0 aliphatic heterocycles. The van der Waals surface area contributed by atoms with Crippen molar-refractivity contribution in [3.8, 4) is 5.75 Å². The van der Waals surface area contributed by atoms with E-state index >= 15 is 0 Å². The highest BCUT2D eigenvalue weighted by Crippen LogP contribution is 2.32. The maximum Gasteiger partial charge on any atom is 0.255 e. The number of carbonyl (C=O) groups is 1. The summed E-state index contributed by atoms with van der Waals surface area (Å²) in [6.45, 7) is -0.114. The maximum atomic E-state index is 10.6. The second kappa shape index (κ2) is 4.53. The van der Waals surface area contributed by atoms with E-state index in [9.17, 15) is 4.79 Å². The summed E-state index contributed by atoms with van der Waals surface area (Å²) in [5.41, 5.74) is 5.02. The van der Waals surface area contributed by atoms with Gasteiger partial charge in [0.1, 0.15) is 5.75 Å². The Labute approximate surface area is 101 Å². The SMILES string of the molecule is NC(=O)COc1ccc2ccccc2c1Br. The first-order chi connectivity index (χ1) is 7.68. The van der Waals surface area contributed by atoms with Crippen LogP contribution in [0.4, 0.5) is 0 Å². The molecule has 3 nitrogen and oxygen atoms in total. The van der Waals surface area contributed by atoms with Crippen molar-refractivity contribution in [2.24, 2.45) is 5.73 Å². The minimum atomic E-state index is -0.486. The molecule has 0 radical (unpaired) electrons. The Kier molecular flexibility index (Phi) is 3.10. The lowest BCUT2D eigenvalue weighted by atomic mass is 10.1. The highest BCUT2D eigenvalue weighted by atomic mass is 79.9. The Balaban J connectivity index is 2.40. The van der Waals surface area contributed by atoms with Crippen molar-refractivity contribution >= 4 is 32.6 Å². The number of carbonyl (C=O) groups excluding carboxylic acids is 1. The summed E-state index contributed by atoms with van der Waals surface area (Å²) in [5, 5.41) is 2.16. The van der Waals surface area contributed by atoms with Gasteiger partial charge in [-0.3, -0.25) is 4.79 Å². The molecule has 0 heterocycles. The third kappa shape index (κ3) is 2.17. The Bertz CT molecular complexity index is 540. The second-order valence-corrected chi connectivity index (χ2v) is 4.15. The smallest absolute Gasteiger partial charge is 0.255 e. The zero-order chi connectivity index (χ0) is 11.5. The molecular weight excluding hydrogens is 270 g/mol. The summed E-state index contributed by atoms with van der Waals surface area (Å²) in [4.78, 5) is 10.6. The molecule has 0 aromatic heterocycles. The number of hydrogen-bond acceptors (Lipinski definition) is 2. The fourth-order valence-electron chi connectivity index (χ4n) is 1.47. The van der Waals surface area contributed by atoms with Gasteiger partial charge in [-0.25, -0.2) is 0 Å². The van der Waals surface area contributed by atoms with Gasteiger partial charge in [0, 0.05) is 0 Å². The van der Waals surface area contributed by atoms with Gasteiger partial charge in [0.05, 0.1) is 4.47 Å². The van der Waals surface area contributed by atoms with Gasteiger partial charge in [0.25, 0.3) is 5.91 Å². The van der Waals surface area contributed by atoms with E-state index in [0.717, 1.165) is 15.2 Å². The molecule has 4 heteroatoms. The molecule has 2 rings (SSSR count). The van der Waals surface area contributed by atoms with E-state index in [-0.39, 0.29) is 6.61 Å². The van der Waals surface area contributed by atoms with Crippen LogP contribution in [0.3, 0.4) is 0 Å². The molecule has 0 unspecified atom stereocenters. The van der Waals surface area contributed by atoms with Crippen LogP contribution in [-0.4, -0.2) is 12.5 Å². The minimum Gasteiger partial charge on any atom is -0.483 e. The number of benzene rings is 2. The summed E-state index contributed by atoms with van der Waals surface area (Å²) >= 11 is 3.45. The summed E-state index contributed by atoms with van der Waals surface area (Å²) in [6.07, 6.45) is 0. The number of fused-ring (bicyclic) bond motifs is 1. The fourth-order valence-corrected chi connectivity index (χ4v) is 2.08. The Morgan fingerprint density at radius 2 is 2.00 bits per heavy atom. The van der Waals surface area contributed by atoms with E-state index in [1.807, 2.05) is 36.4 Å². The van der Waals surface area contributed by atoms with E-state index in [0.29, 0.717) is 5.75 Å². The number of ether oxygens (including phenoxy) is 1. The average Bonchev–Trinajstić information content (AvgIpc) is 2.28. The standard InChI is InChI=1S/C12H10BrNO2/c13-12-9-4-2-1-3-8(9)5-6-10(12)16-7-11(14)15/h1-6H,7H2,(H2,14,15). The van der Waals surface area contributed by atoms with E-state index in [1.54, 1.807) is 0 Å². The van der Waals surface area contributed by atoms with Gasteiger partial charge in [-0.15, -0.1) is 0 Å². The van der Waals surface area contributed by atoms with Crippen molar-refractivity contribution in [2.75, 3.05) is 6.61 Å². The topological polar surface area (TPSA) is 52.3 Å². The van der Waals surface area contributed by atoms with Crippen LogP contribution in [0.1, 0.15) is 0 Å². The molecule has 0 spiro atoms. The van der Waals surface area contributed by atoms with Crippen LogP contribution in [-0.2, 0) is 4.79 Å². The van der Waals surface area contributed by atoms with E-state index in [2.05, 4.69) is 15.9 Å². The lowest BCUT2D eigenvalue weighted by molar-refractivity contribution is -0.119. The number of primary amides is 1. The zero-order valence-corrected chi connectivity index (χ0v) is 10.0.